The van der Waals surface area contributed by atoms with E-state index in [4.69, 9.17) is 18.9 Å². The van der Waals surface area contributed by atoms with E-state index in [0.717, 1.165) is 12.0 Å². The average Bonchev–Trinajstić information content (AvgIpc) is 2.93. The lowest BCUT2D eigenvalue weighted by molar-refractivity contribution is -0.293. The van der Waals surface area contributed by atoms with Crippen LogP contribution in [0.2, 0.25) is 0 Å². The third kappa shape index (κ3) is 6.99. The molecule has 6 heteroatoms. The molecular weight excluding hydrogens is 480 g/mol. The Morgan fingerprint density at radius 1 is 1.11 bits per heavy atom. The van der Waals surface area contributed by atoms with Crippen LogP contribution in [0.3, 0.4) is 0 Å². The van der Waals surface area contributed by atoms with Crippen molar-refractivity contribution in [2.45, 2.75) is 84.6 Å². The summed E-state index contributed by atoms with van der Waals surface area (Å²) in [7, 11) is 1.48. The van der Waals surface area contributed by atoms with Crippen LogP contribution in [0.5, 0.6) is 0 Å². The molecule has 0 N–H and O–H groups in total. The molecule has 38 heavy (non-hydrogen) atoms. The molecule has 3 rings (SSSR count). The molecule has 206 valence electrons. The van der Waals surface area contributed by atoms with Crippen LogP contribution in [0, 0.1) is 11.3 Å². The number of allylic oxidation sites excluding steroid dienone is 1. The van der Waals surface area contributed by atoms with Crippen LogP contribution < -0.4 is 0 Å². The van der Waals surface area contributed by atoms with Gasteiger partial charge < -0.3 is 18.9 Å². The number of esters is 1. The first-order valence-corrected chi connectivity index (χ1v) is 13.5. The van der Waals surface area contributed by atoms with Gasteiger partial charge in [-0.3, -0.25) is 4.79 Å². The Labute approximate surface area is 227 Å². The highest BCUT2D eigenvalue weighted by atomic mass is 16.7. The SMILES string of the molecule is CC/C=C/C(C)(C)[C@]1(OC)OC(C[C@@H](C)[C@H](C)OCc2ccccc2)C[C@H](OC(=O)c2ccccc2)C1=O. The minimum Gasteiger partial charge on any atom is -0.450 e. The van der Waals surface area contributed by atoms with E-state index < -0.39 is 23.3 Å². The summed E-state index contributed by atoms with van der Waals surface area (Å²) in [6.07, 6.45) is 4.19. The van der Waals surface area contributed by atoms with Crippen molar-refractivity contribution < 1.29 is 28.5 Å². The molecule has 1 unspecified atom stereocenters. The summed E-state index contributed by atoms with van der Waals surface area (Å²) in [5.41, 5.74) is 0.707. The molecule has 1 aliphatic rings. The summed E-state index contributed by atoms with van der Waals surface area (Å²) in [6, 6.07) is 18.8. The molecule has 1 heterocycles. The summed E-state index contributed by atoms with van der Waals surface area (Å²) in [6.45, 7) is 10.5. The molecule has 2 aromatic rings. The highest BCUT2D eigenvalue weighted by molar-refractivity contribution is 5.96. The number of rotatable bonds is 12. The van der Waals surface area contributed by atoms with Crippen molar-refractivity contribution in [2.24, 2.45) is 11.3 Å². The average molecular weight is 523 g/mol. The van der Waals surface area contributed by atoms with Crippen LogP contribution in [-0.2, 0) is 30.3 Å². The van der Waals surface area contributed by atoms with E-state index in [9.17, 15) is 9.59 Å². The van der Waals surface area contributed by atoms with Gasteiger partial charge in [0.25, 0.3) is 0 Å². The van der Waals surface area contributed by atoms with E-state index in [0.29, 0.717) is 18.6 Å². The van der Waals surface area contributed by atoms with Gasteiger partial charge in [-0.15, -0.1) is 0 Å². The Kier molecular flexibility index (Phi) is 10.4. The Balaban J connectivity index is 1.82. The maximum atomic E-state index is 13.9. The van der Waals surface area contributed by atoms with Crippen LogP contribution in [0.1, 0.15) is 69.8 Å². The van der Waals surface area contributed by atoms with Crippen molar-refractivity contribution in [2.75, 3.05) is 7.11 Å². The third-order valence-corrected chi connectivity index (χ3v) is 7.38. The van der Waals surface area contributed by atoms with E-state index in [2.05, 4.69) is 6.92 Å². The number of carbonyl (C=O) groups excluding carboxylic acids is 2. The molecule has 0 aromatic heterocycles. The minimum atomic E-state index is -1.60. The summed E-state index contributed by atoms with van der Waals surface area (Å²) in [5.74, 6) is -2.40. The molecule has 1 saturated heterocycles. The number of Topliss-reactive ketones (excluding diaryl/α,β-unsaturated/α-hetero) is 1. The lowest BCUT2D eigenvalue weighted by Gasteiger charge is -2.49. The largest absolute Gasteiger partial charge is 0.450 e. The van der Waals surface area contributed by atoms with Crippen LogP contribution in [0.25, 0.3) is 0 Å². The second-order valence-electron chi connectivity index (χ2n) is 10.7. The minimum absolute atomic E-state index is 0.0494. The molecule has 0 saturated carbocycles. The zero-order valence-corrected chi connectivity index (χ0v) is 23.5. The number of hydrogen-bond acceptors (Lipinski definition) is 6. The molecule has 0 radical (unpaired) electrons. The Morgan fingerprint density at radius 2 is 1.74 bits per heavy atom. The van der Waals surface area contributed by atoms with Gasteiger partial charge in [0.1, 0.15) is 0 Å². The highest BCUT2D eigenvalue weighted by Crippen LogP contribution is 2.44. The third-order valence-electron chi connectivity index (χ3n) is 7.38. The van der Waals surface area contributed by atoms with Gasteiger partial charge in [0.05, 0.1) is 24.4 Å². The van der Waals surface area contributed by atoms with Gasteiger partial charge in [0.2, 0.25) is 11.6 Å². The first kappa shape index (κ1) is 29.8. The van der Waals surface area contributed by atoms with E-state index in [1.165, 1.54) is 7.11 Å². The molecule has 0 spiro atoms. The smallest absolute Gasteiger partial charge is 0.338 e. The summed E-state index contributed by atoms with van der Waals surface area (Å²) in [4.78, 5) is 26.8. The maximum Gasteiger partial charge on any atom is 0.338 e. The van der Waals surface area contributed by atoms with E-state index >= 15 is 0 Å². The predicted molar refractivity (Wildman–Crippen MR) is 148 cm³/mol. The van der Waals surface area contributed by atoms with E-state index in [1.54, 1.807) is 24.3 Å². The van der Waals surface area contributed by atoms with Gasteiger partial charge in [0, 0.05) is 18.9 Å². The van der Waals surface area contributed by atoms with Crippen LogP contribution in [-0.4, -0.2) is 43.0 Å². The Bertz CT molecular complexity index is 1060. The number of benzene rings is 2. The number of methoxy groups -OCH3 is 1. The molecule has 0 bridgehead atoms. The predicted octanol–water partition coefficient (Wildman–Crippen LogP) is 6.54. The maximum absolute atomic E-state index is 13.9. The van der Waals surface area contributed by atoms with Gasteiger partial charge in [-0.25, -0.2) is 4.79 Å². The quantitative estimate of drug-likeness (QED) is 0.233. The number of ketones is 1. The van der Waals surface area contributed by atoms with Crippen molar-refractivity contribution in [3.05, 3.63) is 83.9 Å². The van der Waals surface area contributed by atoms with E-state index in [-0.39, 0.29) is 30.3 Å². The van der Waals surface area contributed by atoms with Crippen molar-refractivity contribution >= 4 is 11.8 Å². The molecule has 2 aromatic carbocycles. The molecule has 0 aliphatic carbocycles. The monoisotopic (exact) mass is 522 g/mol. The summed E-state index contributed by atoms with van der Waals surface area (Å²) < 4.78 is 24.4. The van der Waals surface area contributed by atoms with E-state index in [1.807, 2.05) is 76.2 Å². The first-order valence-electron chi connectivity index (χ1n) is 13.5. The Morgan fingerprint density at radius 3 is 2.34 bits per heavy atom. The molecule has 1 fully saturated rings. The van der Waals surface area contributed by atoms with Crippen LogP contribution in [0.4, 0.5) is 0 Å². The fourth-order valence-corrected chi connectivity index (χ4v) is 4.89. The fourth-order valence-electron chi connectivity index (χ4n) is 4.89. The Hall–Kier alpha value is -2.80. The standard InChI is InChI=1S/C32H42O6/c1-7-8-19-31(4,5)32(35-6)29(33)28(37-30(34)26-17-13-10-14-18-26)21-27(38-32)20-23(2)24(3)36-22-25-15-11-9-12-16-25/h8-19,23-24,27-28H,7,20-22H2,1-6H3/b19-8+/t23-,24+,27?,28+,32-/m1/s1. The van der Waals surface area contributed by atoms with Crippen molar-refractivity contribution in [1.82, 2.24) is 0 Å². The van der Waals surface area contributed by atoms with Gasteiger partial charge in [-0.2, -0.15) is 0 Å². The normalized spacial score (nSPS) is 23.8. The lowest BCUT2D eigenvalue weighted by Crippen LogP contribution is -2.63. The van der Waals surface area contributed by atoms with Crippen molar-refractivity contribution in [3.8, 4) is 0 Å². The van der Waals surface area contributed by atoms with Crippen LogP contribution >= 0.6 is 0 Å². The molecule has 6 nitrogen and oxygen atoms in total. The zero-order chi connectivity index (χ0) is 27.8. The van der Waals surface area contributed by atoms with Crippen LogP contribution in [0.15, 0.2) is 72.8 Å². The first-order chi connectivity index (χ1) is 18.1. The van der Waals surface area contributed by atoms with Gasteiger partial charge in [0.15, 0.2) is 6.10 Å². The van der Waals surface area contributed by atoms with Crippen molar-refractivity contribution in [1.29, 1.82) is 0 Å². The molecule has 5 atom stereocenters. The second kappa shape index (κ2) is 13.3. The molecule has 1 aliphatic heterocycles. The topological polar surface area (TPSA) is 71.1 Å². The van der Waals surface area contributed by atoms with Gasteiger partial charge in [-0.1, -0.05) is 88.4 Å². The second-order valence-corrected chi connectivity index (χ2v) is 10.7. The number of ether oxygens (including phenoxy) is 4. The van der Waals surface area contributed by atoms with Gasteiger partial charge in [-0.05, 0) is 43.4 Å². The zero-order valence-electron chi connectivity index (χ0n) is 23.5. The number of hydrogen-bond donors (Lipinski definition) is 0. The molecular formula is C32H42O6. The molecule has 0 amide bonds. The summed E-state index contributed by atoms with van der Waals surface area (Å²) in [5, 5.41) is 0. The number of carbonyl (C=O) groups is 2. The summed E-state index contributed by atoms with van der Waals surface area (Å²) >= 11 is 0. The lowest BCUT2D eigenvalue weighted by atomic mass is 9.75. The highest BCUT2D eigenvalue weighted by Gasteiger charge is 2.59. The van der Waals surface area contributed by atoms with Crippen molar-refractivity contribution in [3.63, 3.8) is 0 Å². The van der Waals surface area contributed by atoms with Gasteiger partial charge >= 0.3 is 5.97 Å². The fraction of sp³-hybridized carbons (Fsp3) is 0.500.